The normalized spacial score (nSPS) is 11.0. The summed E-state index contributed by atoms with van der Waals surface area (Å²) in [7, 11) is 0. The molecule has 1 rings (SSSR count). The van der Waals surface area contributed by atoms with Crippen LogP contribution in [0, 0.1) is 0 Å². The molecular weight excluding hydrogens is 226 g/mol. The van der Waals surface area contributed by atoms with E-state index < -0.39 is 17.7 Å². The molecule has 0 spiro atoms. The van der Waals surface area contributed by atoms with Gasteiger partial charge >= 0.3 is 12.1 Å². The van der Waals surface area contributed by atoms with E-state index >= 15 is 0 Å². The minimum absolute atomic E-state index is 0.0244. The minimum atomic E-state index is -1.15. The van der Waals surface area contributed by atoms with Crippen LogP contribution in [0.5, 0.6) is 0 Å². The molecule has 0 aliphatic rings. The van der Waals surface area contributed by atoms with E-state index in [1.165, 1.54) is 6.33 Å². The molecule has 94 valence electrons. The van der Waals surface area contributed by atoms with Gasteiger partial charge in [-0.1, -0.05) is 0 Å². The largest absolute Gasteiger partial charge is 0.476 e. The molecule has 0 aliphatic heterocycles. The molecule has 1 amide bonds. The summed E-state index contributed by atoms with van der Waals surface area (Å²) >= 11 is 0. The van der Waals surface area contributed by atoms with Gasteiger partial charge in [-0.15, -0.1) is 0 Å². The second-order valence-corrected chi connectivity index (χ2v) is 4.39. The molecule has 0 saturated heterocycles. The Morgan fingerprint density at radius 2 is 2.18 bits per heavy atom. The van der Waals surface area contributed by atoms with Gasteiger partial charge in [0.2, 0.25) is 0 Å². The van der Waals surface area contributed by atoms with Crippen LogP contribution in [0.2, 0.25) is 0 Å². The molecule has 1 aromatic rings. The molecule has 17 heavy (non-hydrogen) atoms. The molecule has 1 heterocycles. The van der Waals surface area contributed by atoms with E-state index in [2.05, 4.69) is 15.3 Å². The molecule has 7 nitrogen and oxygen atoms in total. The topological polar surface area (TPSA) is 104 Å². The monoisotopic (exact) mass is 241 g/mol. The van der Waals surface area contributed by atoms with Gasteiger partial charge in [-0.2, -0.15) is 0 Å². The van der Waals surface area contributed by atoms with E-state index in [4.69, 9.17) is 9.84 Å². The third-order valence-corrected chi connectivity index (χ3v) is 1.73. The number of imidazole rings is 1. The maximum absolute atomic E-state index is 11.3. The third-order valence-electron chi connectivity index (χ3n) is 1.73. The highest BCUT2D eigenvalue weighted by Crippen LogP contribution is 2.07. The number of carbonyl (C=O) groups is 2. The van der Waals surface area contributed by atoms with Crippen molar-refractivity contribution < 1.29 is 19.4 Å². The van der Waals surface area contributed by atoms with Crippen LogP contribution >= 0.6 is 0 Å². The van der Waals surface area contributed by atoms with E-state index in [9.17, 15) is 9.59 Å². The van der Waals surface area contributed by atoms with Crippen molar-refractivity contribution in [3.63, 3.8) is 0 Å². The van der Waals surface area contributed by atoms with Gasteiger partial charge in [0.05, 0.1) is 18.6 Å². The number of carbonyl (C=O) groups excluding carboxylic acids is 1. The smallest absolute Gasteiger partial charge is 0.407 e. The summed E-state index contributed by atoms with van der Waals surface area (Å²) in [6, 6.07) is 0. The Bertz CT molecular complexity index is 419. The lowest BCUT2D eigenvalue weighted by Crippen LogP contribution is -2.32. The predicted molar refractivity (Wildman–Crippen MR) is 58.6 cm³/mol. The quantitative estimate of drug-likeness (QED) is 0.735. The van der Waals surface area contributed by atoms with Gasteiger partial charge in [0.1, 0.15) is 5.60 Å². The number of hydrogen-bond donors (Lipinski definition) is 3. The Balaban J connectivity index is 2.53. The average Bonchev–Trinajstić information content (AvgIpc) is 2.59. The van der Waals surface area contributed by atoms with Gasteiger partial charge < -0.3 is 20.1 Å². The average molecular weight is 241 g/mol. The first kappa shape index (κ1) is 13.0. The van der Waals surface area contributed by atoms with E-state index in [-0.39, 0.29) is 12.2 Å². The maximum Gasteiger partial charge on any atom is 0.407 e. The van der Waals surface area contributed by atoms with Crippen LogP contribution in [0.4, 0.5) is 4.79 Å². The molecule has 1 aromatic heterocycles. The third kappa shape index (κ3) is 4.13. The SMILES string of the molecule is CC(C)(C)OC(=O)NCc1[nH]cnc1C(=O)O. The van der Waals surface area contributed by atoms with Crippen molar-refractivity contribution in [2.45, 2.75) is 32.9 Å². The highest BCUT2D eigenvalue weighted by Gasteiger charge is 2.17. The molecule has 0 aromatic carbocycles. The lowest BCUT2D eigenvalue weighted by Gasteiger charge is -2.19. The number of hydrogen-bond acceptors (Lipinski definition) is 4. The number of carboxylic acids is 1. The van der Waals surface area contributed by atoms with E-state index in [1.54, 1.807) is 20.8 Å². The standard InChI is InChI=1S/C10H15N3O4/c1-10(2,3)17-9(16)11-4-6-7(8(14)15)13-5-12-6/h5H,4H2,1-3H3,(H,11,16)(H,12,13)(H,14,15). The summed E-state index contributed by atoms with van der Waals surface area (Å²) in [4.78, 5) is 28.3. The number of aromatic carboxylic acids is 1. The second kappa shape index (κ2) is 4.86. The number of nitrogens with one attached hydrogen (secondary N) is 2. The summed E-state index contributed by atoms with van der Waals surface area (Å²) in [6.07, 6.45) is 0.652. The highest BCUT2D eigenvalue weighted by molar-refractivity contribution is 5.86. The van der Waals surface area contributed by atoms with Crippen molar-refractivity contribution in [2.24, 2.45) is 0 Å². The first-order chi connectivity index (χ1) is 7.79. The minimum Gasteiger partial charge on any atom is -0.476 e. The molecule has 3 N–H and O–H groups in total. The van der Waals surface area contributed by atoms with Crippen molar-refractivity contribution in [3.05, 3.63) is 17.7 Å². The van der Waals surface area contributed by atoms with Gasteiger partial charge in [-0.3, -0.25) is 0 Å². The molecule has 0 saturated carbocycles. The molecule has 0 atom stereocenters. The Morgan fingerprint density at radius 1 is 1.53 bits per heavy atom. The van der Waals surface area contributed by atoms with Crippen LogP contribution in [0.1, 0.15) is 37.0 Å². The Morgan fingerprint density at radius 3 is 2.71 bits per heavy atom. The lowest BCUT2D eigenvalue weighted by atomic mass is 10.2. The van der Waals surface area contributed by atoms with Gasteiger partial charge in [0.25, 0.3) is 0 Å². The number of alkyl carbamates (subject to hydrolysis) is 1. The maximum atomic E-state index is 11.3. The van der Waals surface area contributed by atoms with Gasteiger partial charge in [-0.25, -0.2) is 14.6 Å². The number of carboxylic acid groups (broad SMARTS) is 1. The molecular formula is C10H15N3O4. The van der Waals surface area contributed by atoms with Crippen LogP contribution in [0.15, 0.2) is 6.33 Å². The Labute approximate surface area is 98.2 Å². The van der Waals surface area contributed by atoms with E-state index in [1.807, 2.05) is 0 Å². The van der Waals surface area contributed by atoms with Crippen molar-refractivity contribution in [3.8, 4) is 0 Å². The first-order valence-corrected chi connectivity index (χ1v) is 5.02. The Hall–Kier alpha value is -2.05. The summed E-state index contributed by atoms with van der Waals surface area (Å²) < 4.78 is 5.00. The fourth-order valence-corrected chi connectivity index (χ4v) is 1.11. The first-order valence-electron chi connectivity index (χ1n) is 5.02. The number of H-pyrrole nitrogens is 1. The number of nitrogens with zero attached hydrogens (tertiary/aromatic N) is 1. The van der Waals surface area contributed by atoms with Crippen molar-refractivity contribution in [1.29, 1.82) is 0 Å². The van der Waals surface area contributed by atoms with Gasteiger partial charge in [-0.05, 0) is 20.8 Å². The fourth-order valence-electron chi connectivity index (χ4n) is 1.11. The molecule has 0 unspecified atom stereocenters. The number of aromatic amines is 1. The van der Waals surface area contributed by atoms with Crippen molar-refractivity contribution >= 4 is 12.1 Å². The highest BCUT2D eigenvalue weighted by atomic mass is 16.6. The second-order valence-electron chi connectivity index (χ2n) is 4.39. The summed E-state index contributed by atoms with van der Waals surface area (Å²) in [6.45, 7) is 5.25. The number of rotatable bonds is 3. The van der Waals surface area contributed by atoms with Crippen LogP contribution in [0.25, 0.3) is 0 Å². The summed E-state index contributed by atoms with van der Waals surface area (Å²) in [5, 5.41) is 11.2. The van der Waals surface area contributed by atoms with Crippen LogP contribution in [-0.2, 0) is 11.3 Å². The van der Waals surface area contributed by atoms with Crippen molar-refractivity contribution in [1.82, 2.24) is 15.3 Å². The fraction of sp³-hybridized carbons (Fsp3) is 0.500. The number of amides is 1. The van der Waals surface area contributed by atoms with Crippen molar-refractivity contribution in [2.75, 3.05) is 0 Å². The molecule has 0 radical (unpaired) electrons. The van der Waals surface area contributed by atoms with Crippen LogP contribution in [0.3, 0.4) is 0 Å². The van der Waals surface area contributed by atoms with Crippen LogP contribution < -0.4 is 5.32 Å². The molecule has 0 aliphatic carbocycles. The molecule has 7 heteroatoms. The molecule has 0 fully saturated rings. The zero-order valence-electron chi connectivity index (χ0n) is 9.90. The van der Waals surface area contributed by atoms with Gasteiger partial charge in [0.15, 0.2) is 5.69 Å². The summed E-state index contributed by atoms with van der Waals surface area (Å²) in [5.74, 6) is -1.15. The van der Waals surface area contributed by atoms with E-state index in [0.717, 1.165) is 0 Å². The predicted octanol–water partition coefficient (Wildman–Crippen LogP) is 1.13. The lowest BCUT2D eigenvalue weighted by molar-refractivity contribution is 0.0520. The molecule has 0 bridgehead atoms. The zero-order chi connectivity index (χ0) is 13.1. The van der Waals surface area contributed by atoms with Gasteiger partial charge in [0, 0.05) is 0 Å². The van der Waals surface area contributed by atoms with Crippen LogP contribution in [-0.4, -0.2) is 32.7 Å². The number of ether oxygens (including phenoxy) is 1. The number of aromatic nitrogens is 2. The Kier molecular flexibility index (Phi) is 3.72. The zero-order valence-corrected chi connectivity index (χ0v) is 9.90. The van der Waals surface area contributed by atoms with E-state index in [0.29, 0.717) is 5.69 Å². The summed E-state index contributed by atoms with van der Waals surface area (Å²) in [5.41, 5.74) is -0.377.